The van der Waals surface area contributed by atoms with Crippen molar-refractivity contribution in [1.82, 2.24) is 4.90 Å². The lowest BCUT2D eigenvalue weighted by Crippen LogP contribution is -2.45. The maximum absolute atomic E-state index is 13.5. The number of likely N-dealkylation sites (tertiary alicyclic amines) is 1. The van der Waals surface area contributed by atoms with E-state index in [1.165, 1.54) is 4.90 Å². The highest BCUT2D eigenvalue weighted by atomic mass is 35.5. The molecule has 37 heavy (non-hydrogen) atoms. The molecule has 2 aromatic carbocycles. The van der Waals surface area contributed by atoms with Crippen LogP contribution in [0.2, 0.25) is 5.02 Å². The molecule has 2 aromatic rings. The Hall–Kier alpha value is -2.75. The molecule has 0 spiro atoms. The van der Waals surface area contributed by atoms with Crippen LogP contribution in [-0.2, 0) is 42.9 Å². The molecule has 0 saturated carbocycles. The van der Waals surface area contributed by atoms with Crippen LogP contribution in [0.1, 0.15) is 48.8 Å². The van der Waals surface area contributed by atoms with E-state index in [2.05, 4.69) is 0 Å². The van der Waals surface area contributed by atoms with Crippen LogP contribution in [0.25, 0.3) is 0 Å². The molecule has 1 fully saturated rings. The Kier molecular flexibility index (Phi) is 10.3. The first-order valence-electron chi connectivity index (χ1n) is 12.4. The molecular weight excluding hydrogens is 516 g/mol. The molecule has 200 valence electrons. The number of amides is 1. The highest BCUT2D eigenvalue weighted by molar-refractivity contribution is 7.90. The molecule has 0 aromatic heterocycles. The summed E-state index contributed by atoms with van der Waals surface area (Å²) in [5, 5.41) is 9.73. The second kappa shape index (κ2) is 13.2. The normalized spacial score (nSPS) is 16.5. The van der Waals surface area contributed by atoms with Crippen molar-refractivity contribution in [3.63, 3.8) is 0 Å². The first-order chi connectivity index (χ1) is 17.6. The maximum Gasteiger partial charge on any atom is 0.303 e. The van der Waals surface area contributed by atoms with E-state index in [0.29, 0.717) is 42.9 Å². The quantitative estimate of drug-likeness (QED) is 0.391. The average Bonchev–Trinajstić information content (AvgIpc) is 3.35. The first-order valence-corrected chi connectivity index (χ1v) is 14.6. The van der Waals surface area contributed by atoms with Crippen LogP contribution in [-0.4, -0.2) is 54.4 Å². The van der Waals surface area contributed by atoms with Gasteiger partial charge in [0.25, 0.3) is 0 Å². The summed E-state index contributed by atoms with van der Waals surface area (Å²) in [6, 6.07) is 13.3. The Morgan fingerprint density at radius 1 is 1.08 bits per heavy atom. The molecule has 1 heterocycles. The van der Waals surface area contributed by atoms with Gasteiger partial charge in [0.15, 0.2) is 15.6 Å². The van der Waals surface area contributed by atoms with Gasteiger partial charge in [-0.3, -0.25) is 14.4 Å². The van der Waals surface area contributed by atoms with Crippen molar-refractivity contribution in [3.8, 4) is 0 Å². The van der Waals surface area contributed by atoms with Crippen molar-refractivity contribution in [2.45, 2.75) is 56.9 Å². The van der Waals surface area contributed by atoms with Crippen molar-refractivity contribution in [3.05, 3.63) is 70.2 Å². The van der Waals surface area contributed by atoms with Crippen LogP contribution in [0.3, 0.4) is 0 Å². The number of carbonyl (C=O) groups is 3. The topological polar surface area (TPSA) is 135 Å². The number of carbonyl (C=O) groups excluding carboxylic acids is 2. The standard InChI is InChI=1S/C27H33ClN2O6S/c28-23-11-8-21(16-29)20(15-23)9-12-25(31)24-7-4-14-30(24)27(34)22(10-13-26(32)33)18-37(35,36)17-19-5-2-1-3-6-19/h1-3,5-6,8,11,15,22,24H,4,7,9-10,12-14,16-18,29H2,(H,32,33)/t22-,24-/m0/s1. The molecule has 3 rings (SSSR count). The van der Waals surface area contributed by atoms with Gasteiger partial charge in [-0.05, 0) is 54.5 Å². The second-order valence-electron chi connectivity index (χ2n) is 9.44. The average molecular weight is 549 g/mol. The van der Waals surface area contributed by atoms with Gasteiger partial charge in [-0.1, -0.05) is 48.0 Å². The Morgan fingerprint density at radius 2 is 1.81 bits per heavy atom. The molecule has 10 heteroatoms. The molecular formula is C27H33ClN2O6S. The number of Topliss-reactive ketones (excluding diaryl/α,β-unsaturated/α-hetero) is 1. The van der Waals surface area contributed by atoms with Crippen molar-refractivity contribution < 1.29 is 27.9 Å². The van der Waals surface area contributed by atoms with Gasteiger partial charge >= 0.3 is 5.97 Å². The van der Waals surface area contributed by atoms with Crippen LogP contribution >= 0.6 is 11.6 Å². The summed E-state index contributed by atoms with van der Waals surface area (Å²) in [6.45, 7) is 0.653. The number of halogens is 1. The predicted molar refractivity (Wildman–Crippen MR) is 142 cm³/mol. The number of carboxylic acids is 1. The van der Waals surface area contributed by atoms with Gasteiger partial charge in [0.1, 0.15) is 0 Å². The van der Waals surface area contributed by atoms with E-state index in [-0.39, 0.29) is 30.8 Å². The van der Waals surface area contributed by atoms with E-state index in [9.17, 15) is 27.9 Å². The molecule has 0 aliphatic carbocycles. The molecule has 3 N–H and O–H groups in total. The van der Waals surface area contributed by atoms with Crippen molar-refractivity contribution in [1.29, 1.82) is 0 Å². The van der Waals surface area contributed by atoms with Gasteiger partial charge in [-0.15, -0.1) is 0 Å². The lowest BCUT2D eigenvalue weighted by molar-refractivity contribution is -0.141. The molecule has 0 radical (unpaired) electrons. The number of benzene rings is 2. The molecule has 8 nitrogen and oxygen atoms in total. The lowest BCUT2D eigenvalue weighted by atomic mass is 9.97. The molecule has 1 aliphatic rings. The van der Waals surface area contributed by atoms with E-state index < -0.39 is 39.4 Å². The maximum atomic E-state index is 13.5. The van der Waals surface area contributed by atoms with Gasteiger partial charge in [0.2, 0.25) is 5.91 Å². The summed E-state index contributed by atoms with van der Waals surface area (Å²) in [5.41, 5.74) is 8.17. The number of carboxylic acid groups (broad SMARTS) is 1. The summed E-state index contributed by atoms with van der Waals surface area (Å²) in [4.78, 5) is 39.3. The Labute approximate surface area is 222 Å². The Balaban J connectivity index is 1.72. The highest BCUT2D eigenvalue weighted by Gasteiger charge is 2.38. The summed E-state index contributed by atoms with van der Waals surface area (Å²) in [7, 11) is -3.70. The van der Waals surface area contributed by atoms with Gasteiger partial charge in [0, 0.05) is 31.0 Å². The summed E-state index contributed by atoms with van der Waals surface area (Å²) in [6.07, 6.45) is 1.29. The first kappa shape index (κ1) is 28.8. The molecule has 1 aliphatic heterocycles. The van der Waals surface area contributed by atoms with Crippen LogP contribution in [0.15, 0.2) is 48.5 Å². The zero-order valence-corrected chi connectivity index (χ0v) is 22.2. The van der Waals surface area contributed by atoms with Gasteiger partial charge in [-0.2, -0.15) is 0 Å². The number of ketones is 1. The molecule has 0 bridgehead atoms. The van der Waals surface area contributed by atoms with Crippen molar-refractivity contribution >= 4 is 39.1 Å². The highest BCUT2D eigenvalue weighted by Crippen LogP contribution is 2.26. The monoisotopic (exact) mass is 548 g/mol. The predicted octanol–water partition coefficient (Wildman–Crippen LogP) is 3.39. The second-order valence-corrected chi connectivity index (χ2v) is 12.0. The third-order valence-corrected chi connectivity index (χ3v) is 8.60. The Bertz CT molecular complexity index is 1220. The zero-order valence-electron chi connectivity index (χ0n) is 20.6. The number of rotatable bonds is 13. The van der Waals surface area contributed by atoms with Crippen LogP contribution in [0, 0.1) is 5.92 Å². The number of hydrogen-bond acceptors (Lipinski definition) is 6. The van der Waals surface area contributed by atoms with E-state index in [1.54, 1.807) is 42.5 Å². The summed E-state index contributed by atoms with van der Waals surface area (Å²) < 4.78 is 25.9. The third-order valence-electron chi connectivity index (χ3n) is 6.68. The third kappa shape index (κ3) is 8.38. The summed E-state index contributed by atoms with van der Waals surface area (Å²) in [5.74, 6) is -3.43. The number of nitrogens with two attached hydrogens (primary N) is 1. The largest absolute Gasteiger partial charge is 0.481 e. The van der Waals surface area contributed by atoms with Gasteiger partial charge in [0.05, 0.1) is 23.5 Å². The van der Waals surface area contributed by atoms with Crippen molar-refractivity contribution in [2.75, 3.05) is 12.3 Å². The van der Waals surface area contributed by atoms with Crippen molar-refractivity contribution in [2.24, 2.45) is 11.7 Å². The fourth-order valence-corrected chi connectivity index (χ4v) is 6.76. The molecule has 0 unspecified atom stereocenters. The molecule has 1 amide bonds. The van der Waals surface area contributed by atoms with Crippen LogP contribution in [0.4, 0.5) is 0 Å². The summed E-state index contributed by atoms with van der Waals surface area (Å²) >= 11 is 6.10. The fraction of sp³-hybridized carbons (Fsp3) is 0.444. The van der Waals surface area contributed by atoms with E-state index in [4.69, 9.17) is 17.3 Å². The van der Waals surface area contributed by atoms with E-state index >= 15 is 0 Å². The minimum atomic E-state index is -3.70. The minimum Gasteiger partial charge on any atom is -0.481 e. The van der Waals surface area contributed by atoms with E-state index in [1.807, 2.05) is 6.07 Å². The van der Waals surface area contributed by atoms with Crippen LogP contribution < -0.4 is 5.73 Å². The number of sulfone groups is 1. The fourth-order valence-electron chi connectivity index (χ4n) is 4.82. The number of aliphatic carboxylic acids is 1. The van der Waals surface area contributed by atoms with Gasteiger partial charge in [-0.25, -0.2) is 8.42 Å². The number of hydrogen-bond donors (Lipinski definition) is 2. The SMILES string of the molecule is NCc1ccc(Cl)cc1CCC(=O)[C@@H]1CCCN1C(=O)[C@@H](CCC(=O)O)CS(=O)(=O)Cc1ccccc1. The van der Waals surface area contributed by atoms with Crippen LogP contribution in [0.5, 0.6) is 0 Å². The lowest BCUT2D eigenvalue weighted by Gasteiger charge is -2.28. The van der Waals surface area contributed by atoms with E-state index in [0.717, 1.165) is 11.1 Å². The minimum absolute atomic E-state index is 0.109. The Morgan fingerprint density at radius 3 is 2.49 bits per heavy atom. The smallest absolute Gasteiger partial charge is 0.303 e. The molecule has 2 atom stereocenters. The number of nitrogens with zero attached hydrogens (tertiary/aromatic N) is 1. The number of aryl methyl sites for hydroxylation is 1. The zero-order chi connectivity index (χ0) is 27.0. The molecule has 1 saturated heterocycles. The van der Waals surface area contributed by atoms with Gasteiger partial charge < -0.3 is 15.7 Å².